The lowest BCUT2D eigenvalue weighted by molar-refractivity contribution is 0.0927. The monoisotopic (exact) mass is 384 g/mol. The highest BCUT2D eigenvalue weighted by molar-refractivity contribution is 6.31. The first kappa shape index (κ1) is 19.4. The first-order valence-corrected chi connectivity index (χ1v) is 9.94. The third-order valence-corrected chi connectivity index (χ3v) is 5.37. The Morgan fingerprint density at radius 3 is 2.07 bits per heavy atom. The normalized spacial score (nSPS) is 15.0. The van der Waals surface area contributed by atoms with Crippen molar-refractivity contribution in [2.24, 2.45) is 0 Å². The van der Waals surface area contributed by atoms with Gasteiger partial charge >= 0.3 is 0 Å². The first-order chi connectivity index (χ1) is 13.1. The molecule has 2 amide bonds. The summed E-state index contributed by atoms with van der Waals surface area (Å²) in [5.74, 6) is -0.254. The number of hydrogen-bond donors (Lipinski definition) is 2. The van der Waals surface area contributed by atoms with Gasteiger partial charge in [-0.05, 0) is 48.7 Å². The summed E-state index contributed by atoms with van der Waals surface area (Å²) in [6, 6.07) is 14.5. The van der Waals surface area contributed by atoms with E-state index in [1.807, 2.05) is 18.2 Å². The van der Waals surface area contributed by atoms with Gasteiger partial charge in [0.1, 0.15) is 0 Å². The molecule has 3 rings (SSSR count). The second-order valence-electron chi connectivity index (χ2n) is 7.01. The molecule has 0 aromatic heterocycles. The minimum atomic E-state index is -0.189. The molecule has 0 atom stereocenters. The van der Waals surface area contributed by atoms with Gasteiger partial charge in [-0.15, -0.1) is 0 Å². The molecule has 1 saturated carbocycles. The van der Waals surface area contributed by atoms with Crippen LogP contribution in [0.2, 0.25) is 5.02 Å². The number of carbonyl (C=O) groups is 2. The molecule has 0 heterocycles. The van der Waals surface area contributed by atoms with E-state index >= 15 is 0 Å². The van der Waals surface area contributed by atoms with Crippen LogP contribution in [-0.4, -0.2) is 17.9 Å². The maximum atomic E-state index is 12.4. The highest BCUT2D eigenvalue weighted by Gasteiger charge is 2.16. The standard InChI is InChI=1S/C22H25ClN2O2/c23-20-10-6-5-7-18(20)15-24-21(26)16-11-13-17(14-12-16)22(27)25-19-8-3-1-2-4-9-19/h5-7,10-14,19H,1-4,8-9,15H2,(H,24,26)(H,25,27). The molecular formula is C22H25ClN2O2. The molecule has 1 aliphatic carbocycles. The number of benzene rings is 2. The summed E-state index contributed by atoms with van der Waals surface area (Å²) in [5, 5.41) is 6.60. The molecule has 2 aromatic rings. The highest BCUT2D eigenvalue weighted by Crippen LogP contribution is 2.18. The molecule has 5 heteroatoms. The summed E-state index contributed by atoms with van der Waals surface area (Å²) in [4.78, 5) is 24.7. The van der Waals surface area contributed by atoms with Crippen LogP contribution in [0.15, 0.2) is 48.5 Å². The second-order valence-corrected chi connectivity index (χ2v) is 7.42. The third-order valence-electron chi connectivity index (χ3n) is 5.00. The lowest BCUT2D eigenvalue weighted by Gasteiger charge is -2.16. The summed E-state index contributed by atoms with van der Waals surface area (Å²) >= 11 is 6.10. The van der Waals surface area contributed by atoms with Crippen LogP contribution in [0.3, 0.4) is 0 Å². The summed E-state index contributed by atoms with van der Waals surface area (Å²) in [5.41, 5.74) is 1.97. The predicted octanol–water partition coefficient (Wildman–Crippen LogP) is 4.72. The zero-order valence-electron chi connectivity index (χ0n) is 15.3. The average molecular weight is 385 g/mol. The van der Waals surface area contributed by atoms with Crippen molar-refractivity contribution in [1.82, 2.24) is 10.6 Å². The molecule has 4 nitrogen and oxygen atoms in total. The zero-order chi connectivity index (χ0) is 19.1. The Labute approximate surface area is 165 Å². The Balaban J connectivity index is 1.55. The van der Waals surface area contributed by atoms with Crippen LogP contribution in [0.25, 0.3) is 0 Å². The smallest absolute Gasteiger partial charge is 0.251 e. The lowest BCUT2D eigenvalue weighted by atomic mass is 10.1. The fourth-order valence-electron chi connectivity index (χ4n) is 3.38. The van der Waals surface area contributed by atoms with Crippen LogP contribution in [-0.2, 0) is 6.54 Å². The molecule has 1 fully saturated rings. The lowest BCUT2D eigenvalue weighted by Crippen LogP contribution is -2.34. The SMILES string of the molecule is O=C(NCc1ccccc1Cl)c1ccc(C(=O)NC2CCCCCC2)cc1. The van der Waals surface area contributed by atoms with Crippen molar-refractivity contribution in [3.8, 4) is 0 Å². The van der Waals surface area contributed by atoms with Gasteiger partial charge < -0.3 is 10.6 Å². The maximum absolute atomic E-state index is 12.4. The van der Waals surface area contributed by atoms with Crippen LogP contribution in [0.5, 0.6) is 0 Å². The Morgan fingerprint density at radius 1 is 0.852 bits per heavy atom. The Hall–Kier alpha value is -2.33. The molecule has 142 valence electrons. The molecular weight excluding hydrogens is 360 g/mol. The van der Waals surface area contributed by atoms with Crippen LogP contribution in [0.4, 0.5) is 0 Å². The van der Waals surface area contributed by atoms with E-state index in [1.54, 1.807) is 30.3 Å². The second kappa shape index (κ2) is 9.56. The van der Waals surface area contributed by atoms with Gasteiger partial charge in [0.25, 0.3) is 11.8 Å². The predicted molar refractivity (Wildman–Crippen MR) is 108 cm³/mol. The van der Waals surface area contributed by atoms with Gasteiger partial charge in [-0.3, -0.25) is 9.59 Å². The summed E-state index contributed by atoms with van der Waals surface area (Å²) < 4.78 is 0. The summed E-state index contributed by atoms with van der Waals surface area (Å²) in [6.45, 7) is 0.364. The van der Waals surface area contributed by atoms with Crippen LogP contribution in [0.1, 0.15) is 64.8 Å². The van der Waals surface area contributed by atoms with Crippen molar-refractivity contribution in [2.45, 2.75) is 51.1 Å². The van der Waals surface area contributed by atoms with Crippen LogP contribution in [0, 0.1) is 0 Å². The van der Waals surface area contributed by atoms with E-state index in [9.17, 15) is 9.59 Å². The number of nitrogens with one attached hydrogen (secondary N) is 2. The van der Waals surface area contributed by atoms with E-state index in [0.717, 1.165) is 18.4 Å². The van der Waals surface area contributed by atoms with E-state index in [2.05, 4.69) is 10.6 Å². The highest BCUT2D eigenvalue weighted by atomic mass is 35.5. The van der Waals surface area contributed by atoms with Crippen molar-refractivity contribution in [2.75, 3.05) is 0 Å². The average Bonchev–Trinajstić information content (AvgIpc) is 2.96. The quantitative estimate of drug-likeness (QED) is 0.732. The van der Waals surface area contributed by atoms with Crippen LogP contribution < -0.4 is 10.6 Å². The van der Waals surface area contributed by atoms with Crippen molar-refractivity contribution < 1.29 is 9.59 Å². The molecule has 2 aromatic carbocycles. The number of halogens is 1. The zero-order valence-corrected chi connectivity index (χ0v) is 16.1. The molecule has 0 aliphatic heterocycles. The molecule has 1 aliphatic rings. The van der Waals surface area contributed by atoms with Crippen molar-refractivity contribution >= 4 is 23.4 Å². The van der Waals surface area contributed by atoms with Gasteiger partial charge in [0.15, 0.2) is 0 Å². The van der Waals surface area contributed by atoms with E-state index in [-0.39, 0.29) is 17.9 Å². The Bertz CT molecular complexity index is 781. The number of carbonyl (C=O) groups excluding carboxylic acids is 2. The van der Waals surface area contributed by atoms with E-state index in [4.69, 9.17) is 11.6 Å². The maximum Gasteiger partial charge on any atom is 0.251 e. The fourth-order valence-corrected chi connectivity index (χ4v) is 3.59. The topological polar surface area (TPSA) is 58.2 Å². The van der Waals surface area contributed by atoms with Crippen molar-refractivity contribution in [1.29, 1.82) is 0 Å². The van der Waals surface area contributed by atoms with Gasteiger partial charge in [-0.1, -0.05) is 55.5 Å². The Morgan fingerprint density at radius 2 is 1.44 bits per heavy atom. The van der Waals surface area contributed by atoms with Gasteiger partial charge in [0.05, 0.1) is 0 Å². The fraction of sp³-hybridized carbons (Fsp3) is 0.364. The molecule has 2 N–H and O–H groups in total. The van der Waals surface area contributed by atoms with E-state index in [0.29, 0.717) is 22.7 Å². The van der Waals surface area contributed by atoms with Gasteiger partial charge in [-0.25, -0.2) is 0 Å². The minimum Gasteiger partial charge on any atom is -0.349 e. The summed E-state index contributed by atoms with van der Waals surface area (Å²) in [7, 11) is 0. The molecule has 0 spiro atoms. The van der Waals surface area contributed by atoms with Crippen molar-refractivity contribution in [3.05, 3.63) is 70.2 Å². The molecule has 0 bridgehead atoms. The minimum absolute atomic E-state index is 0.0649. The first-order valence-electron chi connectivity index (χ1n) is 9.56. The van der Waals surface area contributed by atoms with Gasteiger partial charge in [-0.2, -0.15) is 0 Å². The third kappa shape index (κ3) is 5.57. The largest absolute Gasteiger partial charge is 0.349 e. The van der Waals surface area contributed by atoms with Gasteiger partial charge in [0, 0.05) is 28.7 Å². The number of rotatable bonds is 5. The number of amides is 2. The number of hydrogen-bond acceptors (Lipinski definition) is 2. The van der Waals surface area contributed by atoms with E-state index in [1.165, 1.54) is 25.7 Å². The Kier molecular flexibility index (Phi) is 6.88. The molecule has 27 heavy (non-hydrogen) atoms. The summed E-state index contributed by atoms with van der Waals surface area (Å²) in [6.07, 6.45) is 6.96. The molecule has 0 saturated heterocycles. The van der Waals surface area contributed by atoms with Gasteiger partial charge in [0.2, 0.25) is 0 Å². The molecule has 0 radical (unpaired) electrons. The van der Waals surface area contributed by atoms with Crippen LogP contribution >= 0.6 is 11.6 Å². The van der Waals surface area contributed by atoms with E-state index < -0.39 is 0 Å². The molecule has 0 unspecified atom stereocenters. The van der Waals surface area contributed by atoms with Crippen molar-refractivity contribution in [3.63, 3.8) is 0 Å².